The molecule has 1 N–H and O–H groups in total. The van der Waals surface area contributed by atoms with Gasteiger partial charge in [-0.25, -0.2) is 8.42 Å². The van der Waals surface area contributed by atoms with E-state index in [1.165, 1.54) is 16.1 Å². The van der Waals surface area contributed by atoms with Gasteiger partial charge < -0.3 is 5.32 Å². The van der Waals surface area contributed by atoms with Crippen molar-refractivity contribution in [3.8, 4) is 0 Å². The Balaban J connectivity index is 1.83. The minimum atomic E-state index is -3.70. The van der Waals surface area contributed by atoms with E-state index in [1.54, 1.807) is 24.3 Å². The molecule has 1 saturated heterocycles. The molecule has 0 radical (unpaired) electrons. The van der Waals surface area contributed by atoms with Gasteiger partial charge in [-0.15, -0.1) is 0 Å². The van der Waals surface area contributed by atoms with Crippen LogP contribution in [0, 0.1) is 0 Å². The van der Waals surface area contributed by atoms with Crippen molar-refractivity contribution >= 4 is 48.8 Å². The number of rotatable bonds is 3. The van der Waals surface area contributed by atoms with Crippen LogP contribution in [0.25, 0.3) is 0 Å². The van der Waals surface area contributed by atoms with E-state index in [-0.39, 0.29) is 10.8 Å². The molecule has 0 saturated carbocycles. The van der Waals surface area contributed by atoms with Crippen LogP contribution in [0.3, 0.4) is 0 Å². The first kappa shape index (κ1) is 17.9. The molecule has 1 unspecified atom stereocenters. The van der Waals surface area contributed by atoms with Crippen molar-refractivity contribution in [2.45, 2.75) is 30.2 Å². The molecule has 0 bridgehead atoms. The monoisotopic (exact) mass is 431 g/mol. The van der Waals surface area contributed by atoms with Crippen molar-refractivity contribution < 1.29 is 13.2 Å². The van der Waals surface area contributed by atoms with Crippen molar-refractivity contribution in [3.63, 3.8) is 0 Å². The van der Waals surface area contributed by atoms with Crippen molar-refractivity contribution in [2.75, 3.05) is 18.8 Å². The zero-order valence-electron chi connectivity index (χ0n) is 12.9. The van der Waals surface area contributed by atoms with Gasteiger partial charge in [0.25, 0.3) is 0 Å². The first-order chi connectivity index (χ1) is 11.5. The Morgan fingerprint density at radius 3 is 2.71 bits per heavy atom. The number of piperidine rings is 1. The average molecular weight is 432 g/mol. The Bertz CT molecular complexity index is 750. The second-order valence-electron chi connectivity index (χ2n) is 5.61. The van der Waals surface area contributed by atoms with Gasteiger partial charge in [-0.2, -0.15) is 4.31 Å². The molecule has 24 heavy (non-hydrogen) atoms. The van der Waals surface area contributed by atoms with E-state index in [0.29, 0.717) is 24.7 Å². The number of benzene rings is 1. The molecule has 3 rings (SSSR count). The quantitative estimate of drug-likeness (QED) is 0.795. The predicted molar refractivity (Wildman–Crippen MR) is 98.6 cm³/mol. The second-order valence-corrected chi connectivity index (χ2v) is 9.50. The molecule has 9 heteroatoms. The summed E-state index contributed by atoms with van der Waals surface area (Å²) in [7, 11) is -3.70. The summed E-state index contributed by atoms with van der Waals surface area (Å²) >= 11 is 4.79. The third kappa shape index (κ3) is 3.84. The van der Waals surface area contributed by atoms with Gasteiger partial charge in [-0.1, -0.05) is 34.1 Å². The molecule has 1 atom stereocenters. The second kappa shape index (κ2) is 7.55. The molecule has 1 aromatic rings. The predicted octanol–water partition coefficient (Wildman–Crippen LogP) is 2.21. The Kier molecular flexibility index (Phi) is 5.63. The zero-order chi connectivity index (χ0) is 17.2. The average Bonchev–Trinajstić information content (AvgIpc) is 3.08. The normalized spacial score (nSPS) is 22.2. The number of thioether (sulfide) groups is 1. The Morgan fingerprint density at radius 1 is 1.29 bits per heavy atom. The maximum absolute atomic E-state index is 12.9. The van der Waals surface area contributed by atoms with Crippen LogP contribution in [0.15, 0.2) is 38.6 Å². The van der Waals surface area contributed by atoms with Crippen LogP contribution < -0.4 is 5.32 Å². The summed E-state index contributed by atoms with van der Waals surface area (Å²) in [6, 6.07) is 5.81. The molecule has 0 spiro atoms. The van der Waals surface area contributed by atoms with Crippen LogP contribution >= 0.6 is 27.7 Å². The van der Waals surface area contributed by atoms with Gasteiger partial charge in [-0.3, -0.25) is 9.79 Å². The largest absolute Gasteiger partial charge is 0.304 e. The number of carbonyl (C=O) groups is 1. The third-order valence-corrected chi connectivity index (χ3v) is 7.33. The summed E-state index contributed by atoms with van der Waals surface area (Å²) in [5.74, 6) is 0.560. The fourth-order valence-corrected chi connectivity index (χ4v) is 5.45. The summed E-state index contributed by atoms with van der Waals surface area (Å²) in [6.45, 7) is 1.04. The maximum Gasteiger partial charge on any atom is 0.244 e. The van der Waals surface area contributed by atoms with Crippen LogP contribution in [-0.4, -0.2) is 48.7 Å². The topological polar surface area (TPSA) is 78.8 Å². The number of nitrogens with one attached hydrogen (secondary N) is 1. The molecule has 130 valence electrons. The third-order valence-electron chi connectivity index (χ3n) is 3.99. The fraction of sp³-hybridized carbons (Fsp3) is 0.467. The van der Waals surface area contributed by atoms with E-state index in [0.717, 1.165) is 23.1 Å². The van der Waals surface area contributed by atoms with Crippen LogP contribution in [0.4, 0.5) is 0 Å². The highest BCUT2D eigenvalue weighted by molar-refractivity contribution is 9.10. The molecule has 2 aliphatic rings. The number of halogens is 1. The molecular formula is C15H18BrN3O3S2. The van der Waals surface area contributed by atoms with Gasteiger partial charge in [0.2, 0.25) is 15.9 Å². The highest BCUT2D eigenvalue weighted by atomic mass is 79.9. The summed E-state index contributed by atoms with van der Waals surface area (Å²) < 4.78 is 28.0. The van der Waals surface area contributed by atoms with E-state index < -0.39 is 16.1 Å². The molecule has 0 aliphatic carbocycles. The SMILES string of the molecule is O=C(NC1=NCCS1)C1CCCCN1S(=O)(=O)c1ccc(Br)cc1. The van der Waals surface area contributed by atoms with Gasteiger partial charge in [0.05, 0.1) is 11.4 Å². The number of carbonyl (C=O) groups excluding carboxylic acids is 1. The van der Waals surface area contributed by atoms with Gasteiger partial charge >= 0.3 is 0 Å². The maximum atomic E-state index is 12.9. The van der Waals surface area contributed by atoms with Gasteiger partial charge in [0.1, 0.15) is 6.04 Å². The Labute approximate surface area is 154 Å². The van der Waals surface area contributed by atoms with E-state index in [1.807, 2.05) is 0 Å². The van der Waals surface area contributed by atoms with Crippen molar-refractivity contribution in [1.29, 1.82) is 0 Å². The molecular weight excluding hydrogens is 414 g/mol. The Morgan fingerprint density at radius 2 is 2.04 bits per heavy atom. The minimum absolute atomic E-state index is 0.206. The molecule has 0 aromatic heterocycles. The Hall–Kier alpha value is -0.900. The van der Waals surface area contributed by atoms with E-state index in [4.69, 9.17) is 0 Å². The number of hydrogen-bond acceptors (Lipinski definition) is 5. The lowest BCUT2D eigenvalue weighted by molar-refractivity contribution is -0.124. The lowest BCUT2D eigenvalue weighted by Crippen LogP contribution is -2.52. The number of sulfonamides is 1. The summed E-state index contributed by atoms with van der Waals surface area (Å²) in [5.41, 5.74) is 0. The number of amides is 1. The van der Waals surface area contributed by atoms with E-state index in [2.05, 4.69) is 26.2 Å². The van der Waals surface area contributed by atoms with Crippen molar-refractivity contribution in [2.24, 2.45) is 4.99 Å². The van der Waals surface area contributed by atoms with E-state index >= 15 is 0 Å². The first-order valence-corrected chi connectivity index (χ1v) is 11.0. The highest BCUT2D eigenvalue weighted by Crippen LogP contribution is 2.26. The molecule has 2 heterocycles. The van der Waals surface area contributed by atoms with Gasteiger partial charge in [0.15, 0.2) is 5.17 Å². The molecule has 1 aromatic carbocycles. The van der Waals surface area contributed by atoms with Gasteiger partial charge in [-0.05, 0) is 37.1 Å². The lowest BCUT2D eigenvalue weighted by atomic mass is 10.0. The molecule has 2 aliphatic heterocycles. The summed E-state index contributed by atoms with van der Waals surface area (Å²) in [6.07, 6.45) is 2.12. The molecule has 1 amide bonds. The number of amidine groups is 1. The smallest absolute Gasteiger partial charge is 0.244 e. The standard InChI is InChI=1S/C15H18BrN3O3S2/c16-11-4-6-12(7-5-11)24(21,22)19-9-2-1-3-13(19)14(20)18-15-17-8-10-23-15/h4-7,13H,1-3,8-10H2,(H,17,18,20). The molecule has 1 fully saturated rings. The minimum Gasteiger partial charge on any atom is -0.304 e. The summed E-state index contributed by atoms with van der Waals surface area (Å²) in [5, 5.41) is 3.36. The van der Waals surface area contributed by atoms with E-state index in [9.17, 15) is 13.2 Å². The summed E-state index contributed by atoms with van der Waals surface area (Å²) in [4.78, 5) is 17.0. The molecule has 6 nitrogen and oxygen atoms in total. The zero-order valence-corrected chi connectivity index (χ0v) is 16.2. The highest BCUT2D eigenvalue weighted by Gasteiger charge is 2.38. The first-order valence-electron chi connectivity index (χ1n) is 7.74. The van der Waals surface area contributed by atoms with Crippen LogP contribution in [-0.2, 0) is 14.8 Å². The number of nitrogens with zero attached hydrogens (tertiary/aromatic N) is 2. The van der Waals surface area contributed by atoms with Crippen molar-refractivity contribution in [1.82, 2.24) is 9.62 Å². The number of hydrogen-bond donors (Lipinski definition) is 1. The van der Waals surface area contributed by atoms with Crippen LogP contribution in [0.5, 0.6) is 0 Å². The van der Waals surface area contributed by atoms with Crippen LogP contribution in [0.2, 0.25) is 0 Å². The van der Waals surface area contributed by atoms with Gasteiger partial charge in [0, 0.05) is 16.8 Å². The van der Waals surface area contributed by atoms with Crippen LogP contribution in [0.1, 0.15) is 19.3 Å². The lowest BCUT2D eigenvalue weighted by Gasteiger charge is -2.33. The number of aliphatic imine (C=N–C) groups is 1. The fourth-order valence-electron chi connectivity index (χ4n) is 2.80. The van der Waals surface area contributed by atoms with Crippen molar-refractivity contribution in [3.05, 3.63) is 28.7 Å².